The van der Waals surface area contributed by atoms with Gasteiger partial charge in [-0.05, 0) is 24.7 Å². The van der Waals surface area contributed by atoms with Gasteiger partial charge in [-0.1, -0.05) is 0 Å². The molecule has 0 aliphatic carbocycles. The molecule has 0 aliphatic heterocycles. The third-order valence-corrected chi connectivity index (χ3v) is 3.56. The number of aromatic amines is 1. The summed E-state index contributed by atoms with van der Waals surface area (Å²) in [4.78, 5) is 11.9. The molecule has 0 fully saturated rings. The first kappa shape index (κ1) is 10.4. The van der Waals surface area contributed by atoms with Crippen LogP contribution in [-0.2, 0) is 6.42 Å². The smallest absolute Gasteiger partial charge is 0.123 e. The molecule has 2 heterocycles. The normalized spacial score (nSPS) is 11.1. The van der Waals surface area contributed by atoms with E-state index >= 15 is 0 Å². The molecule has 0 unspecified atom stereocenters. The molecule has 0 saturated carbocycles. The number of benzene rings is 1. The molecule has 0 radical (unpaired) electrons. The SMILES string of the molecule is NCCc1csc(-c2ccc3nc[nH]c3c2)n1. The van der Waals surface area contributed by atoms with Crippen molar-refractivity contribution in [2.24, 2.45) is 5.73 Å². The van der Waals surface area contributed by atoms with Crippen LogP contribution in [0.3, 0.4) is 0 Å². The van der Waals surface area contributed by atoms with Crippen molar-refractivity contribution < 1.29 is 0 Å². The van der Waals surface area contributed by atoms with Crippen molar-refractivity contribution >= 4 is 22.4 Å². The number of fused-ring (bicyclic) bond motifs is 1. The lowest BCUT2D eigenvalue weighted by molar-refractivity contribution is 0.936. The van der Waals surface area contributed by atoms with E-state index in [9.17, 15) is 0 Å². The van der Waals surface area contributed by atoms with Gasteiger partial charge in [-0.2, -0.15) is 0 Å². The van der Waals surface area contributed by atoms with Crippen molar-refractivity contribution in [2.45, 2.75) is 6.42 Å². The molecule has 0 aliphatic rings. The lowest BCUT2D eigenvalue weighted by Crippen LogP contribution is -2.02. The van der Waals surface area contributed by atoms with Gasteiger partial charge >= 0.3 is 0 Å². The second-order valence-corrected chi connectivity index (χ2v) is 4.68. The number of nitrogens with zero attached hydrogens (tertiary/aromatic N) is 2. The Bertz CT molecular complexity index is 641. The van der Waals surface area contributed by atoms with E-state index in [1.54, 1.807) is 17.7 Å². The van der Waals surface area contributed by atoms with Crippen molar-refractivity contribution in [3.05, 3.63) is 35.6 Å². The van der Waals surface area contributed by atoms with Gasteiger partial charge in [-0.15, -0.1) is 11.3 Å². The highest BCUT2D eigenvalue weighted by Crippen LogP contribution is 2.26. The Hall–Kier alpha value is -1.72. The Morgan fingerprint density at radius 1 is 1.35 bits per heavy atom. The maximum absolute atomic E-state index is 5.52. The first-order valence-electron chi connectivity index (χ1n) is 5.45. The van der Waals surface area contributed by atoms with Crippen molar-refractivity contribution in [3.63, 3.8) is 0 Å². The number of thiazole rings is 1. The quantitative estimate of drug-likeness (QED) is 0.742. The molecule has 0 bridgehead atoms. The molecule has 4 nitrogen and oxygen atoms in total. The van der Waals surface area contributed by atoms with Crippen LogP contribution < -0.4 is 5.73 Å². The number of hydrogen-bond donors (Lipinski definition) is 2. The lowest BCUT2D eigenvalue weighted by Gasteiger charge is -1.96. The summed E-state index contributed by atoms with van der Waals surface area (Å²) in [5.74, 6) is 0. The lowest BCUT2D eigenvalue weighted by atomic mass is 10.2. The van der Waals surface area contributed by atoms with Gasteiger partial charge in [0.05, 0.1) is 23.1 Å². The molecule has 3 N–H and O–H groups in total. The van der Waals surface area contributed by atoms with E-state index in [4.69, 9.17) is 5.73 Å². The first-order valence-corrected chi connectivity index (χ1v) is 6.33. The maximum Gasteiger partial charge on any atom is 0.123 e. The minimum Gasteiger partial charge on any atom is -0.345 e. The monoisotopic (exact) mass is 244 g/mol. The molecule has 5 heteroatoms. The standard InChI is InChI=1S/C12H12N4S/c13-4-3-9-6-17-12(16-9)8-1-2-10-11(5-8)15-7-14-10/h1-2,5-7H,3-4,13H2,(H,14,15). The summed E-state index contributed by atoms with van der Waals surface area (Å²) in [7, 11) is 0. The molecule has 0 amide bonds. The Morgan fingerprint density at radius 3 is 3.18 bits per heavy atom. The minimum absolute atomic E-state index is 0.642. The molecule has 86 valence electrons. The molecule has 3 aromatic rings. The van der Waals surface area contributed by atoms with Crippen molar-refractivity contribution in [1.82, 2.24) is 15.0 Å². The third kappa shape index (κ3) is 1.94. The van der Waals surface area contributed by atoms with Gasteiger partial charge in [0.15, 0.2) is 0 Å². The van der Waals surface area contributed by atoms with Crippen LogP contribution in [-0.4, -0.2) is 21.5 Å². The van der Waals surface area contributed by atoms with E-state index < -0.39 is 0 Å². The highest BCUT2D eigenvalue weighted by Gasteiger charge is 2.05. The number of imidazole rings is 1. The summed E-state index contributed by atoms with van der Waals surface area (Å²) in [6.07, 6.45) is 2.54. The predicted octanol–water partition coefficient (Wildman–Crippen LogP) is 2.19. The van der Waals surface area contributed by atoms with Crippen LogP contribution in [0.15, 0.2) is 29.9 Å². The molecule has 3 rings (SSSR count). The topological polar surface area (TPSA) is 67.6 Å². The minimum atomic E-state index is 0.642. The van der Waals surface area contributed by atoms with Crippen molar-refractivity contribution in [2.75, 3.05) is 6.54 Å². The van der Waals surface area contributed by atoms with Crippen molar-refractivity contribution in [3.8, 4) is 10.6 Å². The molecule has 17 heavy (non-hydrogen) atoms. The summed E-state index contributed by atoms with van der Waals surface area (Å²) >= 11 is 1.65. The number of aromatic nitrogens is 3. The van der Waals surface area contributed by atoms with Gasteiger partial charge in [-0.3, -0.25) is 0 Å². The second kappa shape index (κ2) is 4.27. The largest absolute Gasteiger partial charge is 0.345 e. The van der Waals surface area contributed by atoms with Gasteiger partial charge in [0.2, 0.25) is 0 Å². The van der Waals surface area contributed by atoms with Gasteiger partial charge < -0.3 is 10.7 Å². The van der Waals surface area contributed by atoms with E-state index in [2.05, 4.69) is 26.4 Å². The summed E-state index contributed by atoms with van der Waals surface area (Å²) in [5.41, 5.74) is 9.73. The molecule has 2 aromatic heterocycles. The molecular weight excluding hydrogens is 232 g/mol. The summed E-state index contributed by atoms with van der Waals surface area (Å²) in [6.45, 7) is 0.642. The highest BCUT2D eigenvalue weighted by molar-refractivity contribution is 7.13. The Balaban J connectivity index is 2.00. The molecule has 0 saturated heterocycles. The van der Waals surface area contributed by atoms with Crippen LogP contribution in [0.2, 0.25) is 0 Å². The van der Waals surface area contributed by atoms with Crippen LogP contribution in [0.5, 0.6) is 0 Å². The Morgan fingerprint density at radius 2 is 2.29 bits per heavy atom. The third-order valence-electron chi connectivity index (χ3n) is 2.62. The van der Waals surface area contributed by atoms with Crippen LogP contribution in [0, 0.1) is 0 Å². The van der Waals surface area contributed by atoms with Crippen LogP contribution in [0.25, 0.3) is 21.6 Å². The van der Waals surface area contributed by atoms with Gasteiger partial charge in [0.1, 0.15) is 5.01 Å². The van der Waals surface area contributed by atoms with E-state index in [1.165, 1.54) is 0 Å². The fourth-order valence-electron chi connectivity index (χ4n) is 1.77. The van der Waals surface area contributed by atoms with Crippen molar-refractivity contribution in [1.29, 1.82) is 0 Å². The van der Waals surface area contributed by atoms with E-state index in [-0.39, 0.29) is 0 Å². The summed E-state index contributed by atoms with van der Waals surface area (Å²) in [6, 6.07) is 6.13. The summed E-state index contributed by atoms with van der Waals surface area (Å²) < 4.78 is 0. The molecular formula is C12H12N4S. The van der Waals surface area contributed by atoms with Gasteiger partial charge in [0.25, 0.3) is 0 Å². The highest BCUT2D eigenvalue weighted by atomic mass is 32.1. The number of nitrogens with two attached hydrogens (primary N) is 1. The number of nitrogens with one attached hydrogen (secondary N) is 1. The first-order chi connectivity index (χ1) is 8.36. The molecule has 0 atom stereocenters. The summed E-state index contributed by atoms with van der Waals surface area (Å²) in [5, 5.41) is 3.10. The Kier molecular flexibility index (Phi) is 2.62. The zero-order valence-corrected chi connectivity index (χ0v) is 10.00. The maximum atomic E-state index is 5.52. The fourth-order valence-corrected chi connectivity index (χ4v) is 2.62. The molecule has 0 spiro atoms. The van der Waals surface area contributed by atoms with Crippen LogP contribution >= 0.6 is 11.3 Å². The van der Waals surface area contributed by atoms with Gasteiger partial charge in [0, 0.05) is 17.4 Å². The van der Waals surface area contributed by atoms with Gasteiger partial charge in [-0.25, -0.2) is 9.97 Å². The zero-order valence-electron chi connectivity index (χ0n) is 9.18. The number of hydrogen-bond acceptors (Lipinski definition) is 4. The average molecular weight is 244 g/mol. The number of rotatable bonds is 3. The number of H-pyrrole nitrogens is 1. The Labute approximate surface area is 103 Å². The molecule has 1 aromatic carbocycles. The van der Waals surface area contributed by atoms with Crippen LogP contribution in [0.4, 0.5) is 0 Å². The van der Waals surface area contributed by atoms with E-state index in [0.717, 1.165) is 33.7 Å². The van der Waals surface area contributed by atoms with Crippen LogP contribution in [0.1, 0.15) is 5.69 Å². The average Bonchev–Trinajstić information content (AvgIpc) is 2.96. The van der Waals surface area contributed by atoms with E-state index in [1.807, 2.05) is 12.1 Å². The predicted molar refractivity (Wildman–Crippen MR) is 70.0 cm³/mol. The fraction of sp³-hybridized carbons (Fsp3) is 0.167. The second-order valence-electron chi connectivity index (χ2n) is 3.82. The zero-order chi connectivity index (χ0) is 11.7. The van der Waals surface area contributed by atoms with E-state index in [0.29, 0.717) is 6.54 Å².